The minimum atomic E-state index is -3.09. The average molecular weight is 430 g/mol. The zero-order chi connectivity index (χ0) is 20.0. The first-order chi connectivity index (χ1) is 12.5. The molecule has 1 saturated heterocycles. The van der Waals surface area contributed by atoms with E-state index in [0.29, 0.717) is 13.0 Å². The van der Waals surface area contributed by atoms with Crippen molar-refractivity contribution in [2.75, 3.05) is 11.5 Å². The van der Waals surface area contributed by atoms with Crippen LogP contribution in [0.1, 0.15) is 31.4 Å². The molecule has 148 valence electrons. The van der Waals surface area contributed by atoms with Crippen molar-refractivity contribution < 1.29 is 13.2 Å². The number of aryl methyl sites for hydroxylation is 1. The molecule has 0 spiro atoms. The van der Waals surface area contributed by atoms with Crippen molar-refractivity contribution in [1.29, 1.82) is 0 Å². The highest BCUT2D eigenvalue weighted by Crippen LogP contribution is 2.60. The van der Waals surface area contributed by atoms with Gasteiger partial charge in [-0.15, -0.1) is 0 Å². The maximum Gasteiger partial charge on any atom is 0.227 e. The first-order valence-corrected chi connectivity index (χ1v) is 11.7. The Morgan fingerprint density at radius 3 is 2.41 bits per heavy atom. The molecular weight excluding hydrogens is 405 g/mol. The minimum absolute atomic E-state index is 0.0153. The molecule has 2 aliphatic rings. The summed E-state index contributed by atoms with van der Waals surface area (Å²) in [5, 5.41) is 0. The number of amides is 1. The summed E-state index contributed by atoms with van der Waals surface area (Å²) in [4.78, 5) is 15.2. The molecule has 1 amide bonds. The Morgan fingerprint density at radius 1 is 1.26 bits per heavy atom. The van der Waals surface area contributed by atoms with Gasteiger partial charge in [0.25, 0.3) is 0 Å². The lowest BCUT2D eigenvalue weighted by atomic mass is 10.1. The second-order valence-corrected chi connectivity index (χ2v) is 11.5. The summed E-state index contributed by atoms with van der Waals surface area (Å²) in [6, 6.07) is 7.71. The van der Waals surface area contributed by atoms with Gasteiger partial charge in [0, 0.05) is 12.6 Å². The Hall–Kier alpha value is -1.04. The first-order valence-electron chi connectivity index (χ1n) is 9.10. The van der Waals surface area contributed by atoms with Crippen molar-refractivity contribution in [1.82, 2.24) is 4.90 Å². The van der Waals surface area contributed by atoms with E-state index < -0.39 is 9.84 Å². The Morgan fingerprint density at radius 2 is 1.89 bits per heavy atom. The van der Waals surface area contributed by atoms with Crippen LogP contribution in [0.4, 0.5) is 0 Å². The van der Waals surface area contributed by atoms with Crippen LogP contribution in [0.2, 0.25) is 0 Å². The fraction of sp³-hybridized carbons (Fsp3) is 0.550. The summed E-state index contributed by atoms with van der Waals surface area (Å²) in [5.74, 6) is -0.111. The zero-order valence-electron chi connectivity index (χ0n) is 15.8. The second kappa shape index (κ2) is 7.41. The number of rotatable bonds is 5. The van der Waals surface area contributed by atoms with E-state index >= 15 is 0 Å². The third-order valence-electron chi connectivity index (χ3n) is 5.89. The van der Waals surface area contributed by atoms with Crippen LogP contribution in [0, 0.1) is 24.2 Å². The number of hydrogen-bond donors (Lipinski definition) is 0. The maximum absolute atomic E-state index is 13.4. The predicted molar refractivity (Wildman–Crippen MR) is 109 cm³/mol. The number of carbonyl (C=O) groups is 1. The maximum atomic E-state index is 13.4. The molecule has 3 rings (SSSR count). The van der Waals surface area contributed by atoms with Crippen LogP contribution < -0.4 is 0 Å². The van der Waals surface area contributed by atoms with Crippen LogP contribution in [0.25, 0.3) is 0 Å². The molecule has 1 aliphatic carbocycles. The lowest BCUT2D eigenvalue weighted by Gasteiger charge is -2.29. The second-order valence-electron chi connectivity index (χ2n) is 8.29. The molecule has 1 aliphatic heterocycles. The number of halogens is 2. The van der Waals surface area contributed by atoms with Crippen molar-refractivity contribution in [2.45, 2.75) is 39.8 Å². The smallest absolute Gasteiger partial charge is 0.227 e. The fourth-order valence-corrected chi connectivity index (χ4v) is 6.08. The molecule has 2 fully saturated rings. The number of nitrogens with zero attached hydrogens (tertiary/aromatic N) is 1. The zero-order valence-corrected chi connectivity index (χ0v) is 18.1. The molecule has 3 atom stereocenters. The third kappa shape index (κ3) is 4.52. The van der Waals surface area contributed by atoms with Crippen molar-refractivity contribution in [2.24, 2.45) is 17.3 Å². The van der Waals surface area contributed by atoms with Gasteiger partial charge in [-0.1, -0.05) is 66.9 Å². The molecule has 27 heavy (non-hydrogen) atoms. The fourth-order valence-electron chi connectivity index (χ4n) is 4.07. The molecule has 4 nitrogen and oxygen atoms in total. The molecule has 0 bridgehead atoms. The summed E-state index contributed by atoms with van der Waals surface area (Å²) in [6.45, 7) is 6.46. The van der Waals surface area contributed by atoms with Crippen LogP contribution in [0.15, 0.2) is 34.8 Å². The highest BCUT2D eigenvalue weighted by atomic mass is 35.5. The number of carbonyl (C=O) groups excluding carboxylic acids is 1. The summed E-state index contributed by atoms with van der Waals surface area (Å²) < 4.78 is 24.2. The first kappa shape index (κ1) is 20.7. The summed E-state index contributed by atoms with van der Waals surface area (Å²) in [5.41, 5.74) is 1.90. The van der Waals surface area contributed by atoms with Gasteiger partial charge in [0.05, 0.1) is 17.4 Å². The minimum Gasteiger partial charge on any atom is -0.334 e. The molecule has 1 saturated carbocycles. The highest BCUT2D eigenvalue weighted by Gasteiger charge is 2.62. The van der Waals surface area contributed by atoms with Crippen LogP contribution in [0.5, 0.6) is 0 Å². The Bertz CT molecular complexity index is 858. The molecular formula is C20H25Cl2NO3S. The van der Waals surface area contributed by atoms with Crippen molar-refractivity contribution >= 4 is 38.9 Å². The highest BCUT2D eigenvalue weighted by molar-refractivity contribution is 7.91. The number of allylic oxidation sites excluding steroid dienone is 1. The van der Waals surface area contributed by atoms with E-state index in [4.69, 9.17) is 23.2 Å². The Balaban J connectivity index is 1.86. The van der Waals surface area contributed by atoms with E-state index in [0.717, 1.165) is 11.1 Å². The van der Waals surface area contributed by atoms with Crippen molar-refractivity contribution in [3.63, 3.8) is 0 Å². The summed E-state index contributed by atoms with van der Waals surface area (Å²) in [6.07, 6.45) is 2.21. The van der Waals surface area contributed by atoms with Crippen LogP contribution in [0.3, 0.4) is 0 Å². The lowest BCUT2D eigenvalue weighted by Crippen LogP contribution is -2.42. The molecule has 1 aromatic rings. The SMILES string of the molecule is Cc1ccc(CN(C(=O)[C@@H]2[C@@H](C=C(Cl)Cl)C2(C)C)[C@@H]2CCS(=O)(=O)C2)cc1. The third-order valence-corrected chi connectivity index (χ3v) is 7.89. The van der Waals surface area contributed by atoms with Gasteiger partial charge in [-0.05, 0) is 36.3 Å². The standard InChI is InChI=1S/C20H25Cl2NO3S/c1-13-4-6-14(7-5-13)11-23(15-8-9-27(25,26)12-15)19(24)18-16(10-17(21)22)20(18,2)3/h4-7,10,15-16,18H,8-9,11-12H2,1-3H3/t15-,16-,18+/m1/s1. The molecule has 7 heteroatoms. The van der Waals surface area contributed by atoms with Gasteiger partial charge in [-0.3, -0.25) is 4.79 Å². The molecule has 1 aromatic carbocycles. The Labute approximate surface area is 171 Å². The number of hydrogen-bond acceptors (Lipinski definition) is 3. The van der Waals surface area contributed by atoms with E-state index in [1.807, 2.05) is 45.0 Å². The van der Waals surface area contributed by atoms with E-state index in [-0.39, 0.29) is 45.2 Å². The summed E-state index contributed by atoms with van der Waals surface area (Å²) >= 11 is 11.6. The van der Waals surface area contributed by atoms with Gasteiger partial charge in [0.15, 0.2) is 9.84 Å². The predicted octanol–water partition coefficient (Wildman–Crippen LogP) is 4.10. The lowest BCUT2D eigenvalue weighted by molar-refractivity contribution is -0.136. The molecule has 0 aromatic heterocycles. The molecule has 0 radical (unpaired) electrons. The quantitative estimate of drug-likeness (QED) is 0.707. The largest absolute Gasteiger partial charge is 0.334 e. The molecule has 1 heterocycles. The van der Waals surface area contributed by atoms with Gasteiger partial charge < -0.3 is 4.90 Å². The number of benzene rings is 1. The van der Waals surface area contributed by atoms with Gasteiger partial charge in [0.1, 0.15) is 4.49 Å². The van der Waals surface area contributed by atoms with Gasteiger partial charge in [-0.2, -0.15) is 0 Å². The van der Waals surface area contributed by atoms with E-state index in [1.54, 1.807) is 11.0 Å². The van der Waals surface area contributed by atoms with Crippen LogP contribution in [-0.4, -0.2) is 36.8 Å². The normalized spacial score (nSPS) is 27.8. The Kier molecular flexibility index (Phi) is 5.68. The summed E-state index contributed by atoms with van der Waals surface area (Å²) in [7, 11) is -3.09. The molecule has 0 unspecified atom stereocenters. The number of sulfone groups is 1. The van der Waals surface area contributed by atoms with Gasteiger partial charge in [-0.25, -0.2) is 8.42 Å². The van der Waals surface area contributed by atoms with Gasteiger partial charge >= 0.3 is 0 Å². The topological polar surface area (TPSA) is 54.5 Å². The van der Waals surface area contributed by atoms with Gasteiger partial charge in [0.2, 0.25) is 5.91 Å². The van der Waals surface area contributed by atoms with Crippen LogP contribution >= 0.6 is 23.2 Å². The van der Waals surface area contributed by atoms with Crippen LogP contribution in [-0.2, 0) is 21.2 Å². The molecule has 0 N–H and O–H groups in total. The van der Waals surface area contributed by atoms with E-state index in [9.17, 15) is 13.2 Å². The van der Waals surface area contributed by atoms with E-state index in [2.05, 4.69) is 0 Å². The van der Waals surface area contributed by atoms with Crippen molar-refractivity contribution in [3.8, 4) is 0 Å². The van der Waals surface area contributed by atoms with Crippen molar-refractivity contribution in [3.05, 3.63) is 46.0 Å². The van der Waals surface area contributed by atoms with E-state index in [1.165, 1.54) is 0 Å². The average Bonchev–Trinajstić information content (AvgIpc) is 2.90. The monoisotopic (exact) mass is 429 g/mol.